The SMILES string of the molecule is [2H]c1cc(CC2(NN)O[C@H](CO)[C@H](O)[C@H](O)[C@H]2O)ccn1. The van der Waals surface area contributed by atoms with Gasteiger partial charge in [0, 0.05) is 18.8 Å². The van der Waals surface area contributed by atoms with Crippen molar-refractivity contribution in [3.63, 3.8) is 0 Å². The molecule has 1 aliphatic heterocycles. The fourth-order valence-electron chi connectivity index (χ4n) is 2.31. The standard InChI is InChI=1S/C12H19N3O5/c13-15-12(5-7-1-3-14-4-2-7)11(19)10(18)9(17)8(6-16)20-12/h1-4,8-11,15-19H,5-6,13H2/t8-,9+,10+,11-,12?/m1/s1/i3D. The molecule has 0 aliphatic carbocycles. The summed E-state index contributed by atoms with van der Waals surface area (Å²) in [6, 6.07) is 3.07. The van der Waals surface area contributed by atoms with Crippen molar-refractivity contribution in [2.24, 2.45) is 5.84 Å². The van der Waals surface area contributed by atoms with E-state index in [1.54, 1.807) is 6.07 Å². The number of aliphatic hydroxyl groups excluding tert-OH is 4. The maximum absolute atomic E-state index is 10.2. The molecule has 7 N–H and O–H groups in total. The zero-order valence-corrected chi connectivity index (χ0v) is 10.7. The molecule has 5 atom stereocenters. The Kier molecular flexibility index (Phi) is 4.22. The molecule has 1 unspecified atom stereocenters. The molecule has 2 rings (SSSR count). The van der Waals surface area contributed by atoms with E-state index in [4.69, 9.17) is 12.0 Å². The Labute approximate surface area is 117 Å². The summed E-state index contributed by atoms with van der Waals surface area (Å²) in [7, 11) is 0. The minimum atomic E-state index is -1.60. The molecule has 20 heavy (non-hydrogen) atoms. The van der Waals surface area contributed by atoms with Crippen molar-refractivity contribution in [3.8, 4) is 0 Å². The van der Waals surface area contributed by atoms with Gasteiger partial charge in [-0.2, -0.15) is 0 Å². The van der Waals surface area contributed by atoms with Gasteiger partial charge in [-0.15, -0.1) is 0 Å². The van der Waals surface area contributed by atoms with Gasteiger partial charge in [0.25, 0.3) is 0 Å². The third-order valence-electron chi connectivity index (χ3n) is 3.47. The maximum Gasteiger partial charge on any atom is 0.164 e. The van der Waals surface area contributed by atoms with Crippen LogP contribution < -0.4 is 11.3 Å². The highest BCUT2D eigenvalue weighted by Crippen LogP contribution is 2.30. The lowest BCUT2D eigenvalue weighted by molar-refractivity contribution is -0.284. The molecule has 8 nitrogen and oxygen atoms in total. The first-order valence-electron chi connectivity index (χ1n) is 6.65. The molecule has 2 heterocycles. The van der Waals surface area contributed by atoms with Gasteiger partial charge in [0.05, 0.1) is 7.98 Å². The number of nitrogens with zero attached hydrogens (tertiary/aromatic N) is 1. The average molecular weight is 286 g/mol. The average Bonchev–Trinajstić information content (AvgIpc) is 2.48. The van der Waals surface area contributed by atoms with Crippen LogP contribution in [0.25, 0.3) is 0 Å². The fraction of sp³-hybridized carbons (Fsp3) is 0.583. The Morgan fingerprint density at radius 3 is 2.75 bits per heavy atom. The van der Waals surface area contributed by atoms with Crippen LogP contribution in [0.15, 0.2) is 24.5 Å². The van der Waals surface area contributed by atoms with Crippen molar-refractivity contribution in [3.05, 3.63) is 30.1 Å². The van der Waals surface area contributed by atoms with Crippen LogP contribution in [-0.4, -0.2) is 62.2 Å². The number of nitrogens with two attached hydrogens (primary N) is 1. The van der Waals surface area contributed by atoms with E-state index in [1.165, 1.54) is 12.3 Å². The summed E-state index contributed by atoms with van der Waals surface area (Å²) >= 11 is 0. The van der Waals surface area contributed by atoms with Crippen molar-refractivity contribution in [2.75, 3.05) is 6.61 Å². The van der Waals surface area contributed by atoms with E-state index in [2.05, 4.69) is 10.4 Å². The van der Waals surface area contributed by atoms with Gasteiger partial charge < -0.3 is 25.2 Å². The molecule has 112 valence electrons. The van der Waals surface area contributed by atoms with E-state index in [9.17, 15) is 20.4 Å². The normalized spacial score (nSPS) is 38.5. The second-order valence-corrected chi connectivity index (χ2v) is 4.77. The molecule has 8 heteroatoms. The van der Waals surface area contributed by atoms with Crippen LogP contribution in [0.5, 0.6) is 0 Å². The molecule has 1 aliphatic rings. The van der Waals surface area contributed by atoms with Crippen LogP contribution in [-0.2, 0) is 11.2 Å². The summed E-state index contributed by atoms with van der Waals surface area (Å²) in [4.78, 5) is 3.74. The highest BCUT2D eigenvalue weighted by Gasteiger charge is 2.52. The van der Waals surface area contributed by atoms with E-state index < -0.39 is 36.7 Å². The summed E-state index contributed by atoms with van der Waals surface area (Å²) < 4.78 is 13.0. The Balaban J connectivity index is 2.30. The summed E-state index contributed by atoms with van der Waals surface area (Å²) in [6.07, 6.45) is -4.13. The number of hydrazine groups is 1. The topological polar surface area (TPSA) is 141 Å². The smallest absolute Gasteiger partial charge is 0.164 e. The van der Waals surface area contributed by atoms with E-state index in [-0.39, 0.29) is 12.6 Å². The highest BCUT2D eigenvalue weighted by atomic mass is 16.6. The molecule has 0 amide bonds. The van der Waals surface area contributed by atoms with E-state index in [0.29, 0.717) is 5.56 Å². The number of ether oxygens (including phenoxy) is 1. The third kappa shape index (κ3) is 2.67. The van der Waals surface area contributed by atoms with Gasteiger partial charge in [-0.3, -0.25) is 10.8 Å². The molecule has 0 saturated carbocycles. The lowest BCUT2D eigenvalue weighted by Gasteiger charge is -2.48. The number of aromatic nitrogens is 1. The number of hydrogen-bond acceptors (Lipinski definition) is 8. The van der Waals surface area contributed by atoms with Gasteiger partial charge in [-0.25, -0.2) is 5.43 Å². The van der Waals surface area contributed by atoms with Crippen molar-refractivity contribution in [1.29, 1.82) is 0 Å². The van der Waals surface area contributed by atoms with Crippen molar-refractivity contribution in [1.82, 2.24) is 10.4 Å². The molecular formula is C12H19N3O5. The fourth-order valence-corrected chi connectivity index (χ4v) is 2.31. The molecule has 0 bridgehead atoms. The highest BCUT2D eigenvalue weighted by molar-refractivity contribution is 5.15. The minimum Gasteiger partial charge on any atom is -0.394 e. The Hall–Kier alpha value is -1.13. The molecule has 1 aromatic rings. The van der Waals surface area contributed by atoms with Crippen LogP contribution in [0.4, 0.5) is 0 Å². The van der Waals surface area contributed by atoms with E-state index in [0.717, 1.165) is 0 Å². The number of pyridine rings is 1. The Bertz CT molecular complexity index is 492. The monoisotopic (exact) mass is 286 g/mol. The maximum atomic E-state index is 10.2. The summed E-state index contributed by atoms with van der Waals surface area (Å²) in [6.45, 7) is -0.547. The zero-order chi connectivity index (χ0) is 15.6. The molecular weight excluding hydrogens is 266 g/mol. The van der Waals surface area contributed by atoms with Gasteiger partial charge in [-0.05, 0) is 17.7 Å². The van der Waals surface area contributed by atoms with Crippen LogP contribution in [0.2, 0.25) is 0 Å². The van der Waals surface area contributed by atoms with E-state index in [1.807, 2.05) is 0 Å². The third-order valence-corrected chi connectivity index (χ3v) is 3.47. The lowest BCUT2D eigenvalue weighted by atomic mass is 9.87. The molecule has 0 aromatic carbocycles. The first-order valence-corrected chi connectivity index (χ1v) is 6.15. The van der Waals surface area contributed by atoms with Gasteiger partial charge >= 0.3 is 0 Å². The minimum absolute atomic E-state index is 0.0132. The first kappa shape index (κ1) is 13.8. The molecule has 1 aromatic heterocycles. The summed E-state index contributed by atoms with van der Waals surface area (Å²) in [5.41, 5.74) is 1.31. The second-order valence-electron chi connectivity index (χ2n) is 4.77. The molecule has 1 fully saturated rings. The van der Waals surface area contributed by atoms with Gasteiger partial charge in [-0.1, -0.05) is 0 Å². The molecule has 1 saturated heterocycles. The number of hydrogen-bond donors (Lipinski definition) is 6. The van der Waals surface area contributed by atoms with Crippen molar-refractivity contribution < 1.29 is 26.5 Å². The van der Waals surface area contributed by atoms with Crippen molar-refractivity contribution >= 4 is 0 Å². The molecule has 0 radical (unpaired) electrons. The van der Waals surface area contributed by atoms with Gasteiger partial charge in [0.2, 0.25) is 0 Å². The predicted octanol–water partition coefficient (Wildman–Crippen LogP) is -2.74. The van der Waals surface area contributed by atoms with Gasteiger partial charge in [0.15, 0.2) is 5.72 Å². The van der Waals surface area contributed by atoms with Gasteiger partial charge in [0.1, 0.15) is 24.4 Å². The number of nitrogens with one attached hydrogen (secondary N) is 1. The van der Waals surface area contributed by atoms with E-state index >= 15 is 0 Å². The van der Waals surface area contributed by atoms with Crippen LogP contribution in [0, 0.1) is 0 Å². The zero-order valence-electron chi connectivity index (χ0n) is 11.7. The second kappa shape index (κ2) is 6.10. The van der Waals surface area contributed by atoms with Crippen LogP contribution in [0.1, 0.15) is 6.93 Å². The van der Waals surface area contributed by atoms with Crippen LogP contribution >= 0.6 is 0 Å². The molecule has 0 spiro atoms. The quantitative estimate of drug-likeness (QED) is 0.259. The Morgan fingerprint density at radius 1 is 1.40 bits per heavy atom. The summed E-state index contributed by atoms with van der Waals surface area (Å²) in [5.74, 6) is 5.47. The number of rotatable bonds is 4. The summed E-state index contributed by atoms with van der Waals surface area (Å²) in [5, 5.41) is 39.1. The van der Waals surface area contributed by atoms with Crippen LogP contribution in [0.3, 0.4) is 0 Å². The lowest BCUT2D eigenvalue weighted by Crippen LogP contribution is -2.72. The Morgan fingerprint density at radius 2 is 2.15 bits per heavy atom. The predicted molar refractivity (Wildman–Crippen MR) is 68.0 cm³/mol. The number of aliphatic hydroxyl groups is 4. The largest absolute Gasteiger partial charge is 0.394 e. The van der Waals surface area contributed by atoms with Crippen molar-refractivity contribution in [2.45, 2.75) is 36.6 Å². The first-order chi connectivity index (χ1) is 9.93.